The lowest BCUT2D eigenvalue weighted by atomic mass is 9.99. The molecule has 6 heteroatoms. The Morgan fingerprint density at radius 1 is 1.37 bits per heavy atom. The van der Waals surface area contributed by atoms with Crippen LogP contribution in [0.3, 0.4) is 0 Å². The van der Waals surface area contributed by atoms with E-state index in [-0.39, 0.29) is 18.1 Å². The largest absolute Gasteiger partial charge is 0.406 e. The van der Waals surface area contributed by atoms with Gasteiger partial charge in [0.15, 0.2) is 0 Å². The van der Waals surface area contributed by atoms with E-state index in [1.54, 1.807) is 13.8 Å². The van der Waals surface area contributed by atoms with Crippen molar-refractivity contribution >= 4 is 5.91 Å². The van der Waals surface area contributed by atoms with Crippen LogP contribution in [-0.4, -0.2) is 42.3 Å². The van der Waals surface area contributed by atoms with Crippen LogP contribution in [0.1, 0.15) is 33.1 Å². The number of hydrogen-bond donors (Lipinski definition) is 0. The first kappa shape index (κ1) is 14.6. The van der Waals surface area contributed by atoms with Crippen LogP contribution in [0.25, 0.3) is 0 Å². The molecule has 1 aliphatic carbocycles. The summed E-state index contributed by atoms with van der Waals surface area (Å²) in [6.45, 7) is 2.78. The third-order valence-corrected chi connectivity index (χ3v) is 4.12. The zero-order valence-corrected chi connectivity index (χ0v) is 11.2. The second-order valence-electron chi connectivity index (χ2n) is 5.63. The van der Waals surface area contributed by atoms with Crippen LogP contribution in [0.2, 0.25) is 0 Å². The number of ether oxygens (including phenoxy) is 1. The number of carbonyl (C=O) groups is 1. The standard InChI is InChI=1S/C13H20F3NO2/c1-8(10-3-4-10)17(7-13(14,15)16)12(18)11-5-6-19-9(11)2/h8-11H,3-7H2,1-2H3/t8-,9+,11+/m1/s1. The summed E-state index contributed by atoms with van der Waals surface area (Å²) < 4.78 is 43.3. The molecule has 0 aromatic heterocycles. The molecule has 0 N–H and O–H groups in total. The smallest absolute Gasteiger partial charge is 0.378 e. The maximum Gasteiger partial charge on any atom is 0.406 e. The van der Waals surface area contributed by atoms with E-state index in [1.807, 2.05) is 0 Å². The van der Waals surface area contributed by atoms with Gasteiger partial charge < -0.3 is 9.64 Å². The molecule has 0 radical (unpaired) electrons. The molecule has 1 saturated carbocycles. The summed E-state index contributed by atoms with van der Waals surface area (Å²) in [4.78, 5) is 13.4. The van der Waals surface area contributed by atoms with E-state index in [4.69, 9.17) is 4.74 Å². The first-order valence-corrected chi connectivity index (χ1v) is 6.78. The fourth-order valence-corrected chi connectivity index (χ4v) is 2.72. The summed E-state index contributed by atoms with van der Waals surface area (Å²) in [5, 5.41) is 0. The van der Waals surface area contributed by atoms with Gasteiger partial charge in [-0.15, -0.1) is 0 Å². The summed E-state index contributed by atoms with van der Waals surface area (Å²) in [7, 11) is 0. The van der Waals surface area contributed by atoms with Gasteiger partial charge in [-0.05, 0) is 39.0 Å². The molecule has 2 rings (SSSR count). The van der Waals surface area contributed by atoms with Crippen LogP contribution >= 0.6 is 0 Å². The van der Waals surface area contributed by atoms with E-state index in [2.05, 4.69) is 0 Å². The van der Waals surface area contributed by atoms with Crippen molar-refractivity contribution in [1.29, 1.82) is 0 Å². The predicted octanol–water partition coefficient (Wildman–Crippen LogP) is 2.60. The Bertz CT molecular complexity index is 341. The van der Waals surface area contributed by atoms with E-state index >= 15 is 0 Å². The Morgan fingerprint density at radius 2 is 2.00 bits per heavy atom. The average Bonchev–Trinajstić information content (AvgIpc) is 3.06. The molecule has 1 heterocycles. The van der Waals surface area contributed by atoms with Crippen LogP contribution in [-0.2, 0) is 9.53 Å². The van der Waals surface area contributed by atoms with Crippen molar-refractivity contribution in [2.24, 2.45) is 11.8 Å². The highest BCUT2D eigenvalue weighted by Crippen LogP contribution is 2.37. The number of rotatable bonds is 4. The molecule has 1 amide bonds. The second-order valence-corrected chi connectivity index (χ2v) is 5.63. The zero-order valence-electron chi connectivity index (χ0n) is 11.2. The maximum atomic E-state index is 12.7. The third kappa shape index (κ3) is 3.61. The Balaban J connectivity index is 2.09. The Morgan fingerprint density at radius 3 is 2.42 bits per heavy atom. The van der Waals surface area contributed by atoms with Gasteiger partial charge in [-0.2, -0.15) is 13.2 Å². The molecule has 19 heavy (non-hydrogen) atoms. The van der Waals surface area contributed by atoms with Crippen LogP contribution in [0.5, 0.6) is 0 Å². The molecule has 1 aliphatic heterocycles. The Hall–Kier alpha value is -0.780. The number of hydrogen-bond acceptors (Lipinski definition) is 2. The number of halogens is 3. The lowest BCUT2D eigenvalue weighted by Gasteiger charge is -2.33. The quantitative estimate of drug-likeness (QED) is 0.791. The van der Waals surface area contributed by atoms with Gasteiger partial charge in [-0.1, -0.05) is 0 Å². The molecule has 110 valence electrons. The van der Waals surface area contributed by atoms with E-state index in [0.29, 0.717) is 13.0 Å². The minimum atomic E-state index is -4.35. The number of nitrogens with zero attached hydrogens (tertiary/aromatic N) is 1. The van der Waals surface area contributed by atoms with Gasteiger partial charge in [0.2, 0.25) is 5.91 Å². The van der Waals surface area contributed by atoms with Crippen molar-refractivity contribution < 1.29 is 22.7 Å². The van der Waals surface area contributed by atoms with Crippen molar-refractivity contribution in [3.63, 3.8) is 0 Å². The molecule has 0 spiro atoms. The molecular weight excluding hydrogens is 259 g/mol. The number of alkyl halides is 3. The second kappa shape index (κ2) is 5.31. The van der Waals surface area contributed by atoms with Gasteiger partial charge in [0.1, 0.15) is 6.54 Å². The lowest BCUT2D eigenvalue weighted by Crippen LogP contribution is -2.49. The first-order chi connectivity index (χ1) is 8.79. The predicted molar refractivity (Wildman–Crippen MR) is 63.5 cm³/mol. The van der Waals surface area contributed by atoms with Crippen LogP contribution in [0.15, 0.2) is 0 Å². The van der Waals surface area contributed by atoms with Gasteiger partial charge in [0.05, 0.1) is 12.0 Å². The number of amides is 1. The summed E-state index contributed by atoms with van der Waals surface area (Å²) >= 11 is 0. The molecule has 0 aromatic carbocycles. The monoisotopic (exact) mass is 279 g/mol. The molecule has 0 aromatic rings. The topological polar surface area (TPSA) is 29.5 Å². The first-order valence-electron chi connectivity index (χ1n) is 6.78. The summed E-state index contributed by atoms with van der Waals surface area (Å²) in [5.74, 6) is -0.603. The molecular formula is C13H20F3NO2. The molecule has 3 nitrogen and oxygen atoms in total. The third-order valence-electron chi connectivity index (χ3n) is 4.12. The van der Waals surface area contributed by atoms with Crippen molar-refractivity contribution in [2.75, 3.05) is 13.2 Å². The maximum absolute atomic E-state index is 12.7. The molecule has 0 bridgehead atoms. The van der Waals surface area contributed by atoms with Crippen LogP contribution in [0, 0.1) is 11.8 Å². The van der Waals surface area contributed by atoms with Gasteiger partial charge >= 0.3 is 6.18 Å². The molecule has 2 aliphatic rings. The minimum absolute atomic E-state index is 0.226. The van der Waals surface area contributed by atoms with Gasteiger partial charge in [0.25, 0.3) is 0 Å². The summed E-state index contributed by atoms with van der Waals surface area (Å²) in [6, 6.07) is -0.332. The Kier molecular flexibility index (Phi) is 4.08. The molecule has 3 atom stereocenters. The van der Waals surface area contributed by atoms with E-state index in [9.17, 15) is 18.0 Å². The fourth-order valence-electron chi connectivity index (χ4n) is 2.72. The summed E-state index contributed by atoms with van der Waals surface area (Å²) in [6.07, 6.45) is -2.28. The lowest BCUT2D eigenvalue weighted by molar-refractivity contribution is -0.169. The van der Waals surface area contributed by atoms with Gasteiger partial charge in [-0.25, -0.2) is 0 Å². The van der Waals surface area contributed by atoms with Crippen LogP contribution < -0.4 is 0 Å². The molecule has 2 fully saturated rings. The number of carbonyl (C=O) groups excluding carboxylic acids is 1. The van der Waals surface area contributed by atoms with Crippen molar-refractivity contribution in [3.8, 4) is 0 Å². The highest BCUT2D eigenvalue weighted by atomic mass is 19.4. The average molecular weight is 279 g/mol. The minimum Gasteiger partial charge on any atom is -0.378 e. The SMILES string of the molecule is C[C@@H]1OCC[C@@H]1C(=O)N(CC(F)(F)F)[C@H](C)C1CC1. The van der Waals surface area contributed by atoms with Crippen molar-refractivity contribution in [3.05, 3.63) is 0 Å². The van der Waals surface area contributed by atoms with E-state index in [1.165, 1.54) is 0 Å². The van der Waals surface area contributed by atoms with Gasteiger partial charge in [0, 0.05) is 12.6 Å². The molecule has 1 saturated heterocycles. The van der Waals surface area contributed by atoms with Crippen molar-refractivity contribution in [2.45, 2.75) is 51.4 Å². The Labute approximate surface area is 111 Å². The van der Waals surface area contributed by atoms with E-state index in [0.717, 1.165) is 17.7 Å². The van der Waals surface area contributed by atoms with Crippen molar-refractivity contribution in [1.82, 2.24) is 4.90 Å². The highest BCUT2D eigenvalue weighted by Gasteiger charge is 2.44. The zero-order chi connectivity index (χ0) is 14.2. The van der Waals surface area contributed by atoms with Gasteiger partial charge in [-0.3, -0.25) is 4.79 Å². The van der Waals surface area contributed by atoms with E-state index < -0.39 is 24.5 Å². The summed E-state index contributed by atoms with van der Waals surface area (Å²) in [5.41, 5.74) is 0. The molecule has 0 unspecified atom stereocenters. The fraction of sp³-hybridized carbons (Fsp3) is 0.923. The van der Waals surface area contributed by atoms with Crippen LogP contribution in [0.4, 0.5) is 13.2 Å². The normalized spacial score (nSPS) is 29.3. The highest BCUT2D eigenvalue weighted by molar-refractivity contribution is 5.80.